The van der Waals surface area contributed by atoms with E-state index in [0.29, 0.717) is 27.3 Å². The number of halogens is 5. The summed E-state index contributed by atoms with van der Waals surface area (Å²) in [6.45, 7) is 0.381. The van der Waals surface area contributed by atoms with E-state index in [-0.39, 0.29) is 0 Å². The second kappa shape index (κ2) is 6.21. The molecule has 0 aliphatic rings. The molecule has 0 amide bonds. The quantitative estimate of drug-likeness (QED) is 0.761. The zero-order chi connectivity index (χ0) is 11.4. The van der Waals surface area contributed by atoms with Gasteiger partial charge >= 0.3 is 0 Å². The molecule has 0 spiro atoms. The SMILES string of the molecule is ClC=C(Cl)CNc1c(Cl)cc(Br)cc1Cl. The average molecular weight is 350 g/mol. The highest BCUT2D eigenvalue weighted by molar-refractivity contribution is 9.10. The van der Waals surface area contributed by atoms with Crippen LogP contribution in [0.5, 0.6) is 0 Å². The van der Waals surface area contributed by atoms with Crippen LogP contribution in [0.2, 0.25) is 10.0 Å². The van der Waals surface area contributed by atoms with Crippen LogP contribution >= 0.6 is 62.3 Å². The summed E-state index contributed by atoms with van der Waals surface area (Å²) in [7, 11) is 0. The maximum absolute atomic E-state index is 5.99. The van der Waals surface area contributed by atoms with Gasteiger partial charge in [-0.15, -0.1) is 0 Å². The lowest BCUT2D eigenvalue weighted by Gasteiger charge is -2.10. The van der Waals surface area contributed by atoms with Gasteiger partial charge < -0.3 is 5.32 Å². The predicted molar refractivity (Wildman–Crippen MR) is 72.4 cm³/mol. The van der Waals surface area contributed by atoms with E-state index in [1.807, 2.05) is 0 Å². The van der Waals surface area contributed by atoms with Gasteiger partial charge in [-0.3, -0.25) is 0 Å². The molecular weight excluding hydrogens is 344 g/mol. The van der Waals surface area contributed by atoms with Gasteiger partial charge in [-0.05, 0) is 12.1 Å². The molecule has 0 saturated heterocycles. The number of anilines is 1. The maximum atomic E-state index is 5.99. The van der Waals surface area contributed by atoms with E-state index in [4.69, 9.17) is 46.4 Å². The van der Waals surface area contributed by atoms with Crippen molar-refractivity contribution in [1.29, 1.82) is 0 Å². The number of nitrogens with one attached hydrogen (secondary N) is 1. The van der Waals surface area contributed by atoms with Crippen LogP contribution in [0.4, 0.5) is 5.69 Å². The van der Waals surface area contributed by atoms with Crippen molar-refractivity contribution in [3.05, 3.63) is 37.2 Å². The first-order chi connectivity index (χ1) is 7.04. The highest BCUT2D eigenvalue weighted by atomic mass is 79.9. The summed E-state index contributed by atoms with van der Waals surface area (Å²) in [5.41, 5.74) is 1.92. The van der Waals surface area contributed by atoms with Crippen molar-refractivity contribution in [2.45, 2.75) is 0 Å². The molecule has 0 aliphatic carbocycles. The first kappa shape index (κ1) is 13.5. The van der Waals surface area contributed by atoms with E-state index in [1.54, 1.807) is 12.1 Å². The van der Waals surface area contributed by atoms with Gasteiger partial charge in [0.05, 0.1) is 22.3 Å². The molecule has 1 nitrogen and oxygen atoms in total. The fourth-order valence-electron chi connectivity index (χ4n) is 0.922. The zero-order valence-electron chi connectivity index (χ0n) is 7.33. The van der Waals surface area contributed by atoms with Gasteiger partial charge in [0.15, 0.2) is 0 Å². The summed E-state index contributed by atoms with van der Waals surface area (Å²) in [6.07, 6.45) is 0. The number of benzene rings is 1. The lowest BCUT2D eigenvalue weighted by atomic mass is 10.3. The molecule has 1 N–H and O–H groups in total. The second-order valence-corrected chi connectivity index (χ2v) is 5.09. The van der Waals surface area contributed by atoms with E-state index in [1.165, 1.54) is 5.54 Å². The van der Waals surface area contributed by atoms with Crippen molar-refractivity contribution in [1.82, 2.24) is 0 Å². The summed E-state index contributed by atoms with van der Waals surface area (Å²) in [5.74, 6) is 0. The Balaban J connectivity index is 2.86. The molecule has 6 heteroatoms. The molecule has 1 rings (SSSR count). The Morgan fingerprint density at radius 3 is 2.33 bits per heavy atom. The average Bonchev–Trinajstić information content (AvgIpc) is 2.15. The third-order valence-electron chi connectivity index (χ3n) is 1.56. The van der Waals surface area contributed by atoms with Gasteiger partial charge in [-0.25, -0.2) is 0 Å². The molecule has 0 aliphatic heterocycles. The van der Waals surface area contributed by atoms with E-state index < -0.39 is 0 Å². The third kappa shape index (κ3) is 4.04. The Labute approximate surface area is 116 Å². The molecule has 0 bridgehead atoms. The van der Waals surface area contributed by atoms with Gasteiger partial charge in [0.2, 0.25) is 0 Å². The molecule has 0 unspecified atom stereocenters. The largest absolute Gasteiger partial charge is 0.378 e. The molecule has 0 saturated carbocycles. The first-order valence-electron chi connectivity index (χ1n) is 3.87. The van der Waals surface area contributed by atoms with E-state index in [0.717, 1.165) is 4.47 Å². The van der Waals surface area contributed by atoms with Gasteiger partial charge in [-0.1, -0.05) is 62.3 Å². The summed E-state index contributed by atoms with van der Waals surface area (Å²) < 4.78 is 0.821. The summed E-state index contributed by atoms with van der Waals surface area (Å²) in [6, 6.07) is 3.49. The third-order valence-corrected chi connectivity index (χ3v) is 3.23. The van der Waals surface area contributed by atoms with Crippen molar-refractivity contribution in [3.63, 3.8) is 0 Å². The topological polar surface area (TPSA) is 12.0 Å². The number of rotatable bonds is 3. The summed E-state index contributed by atoms with van der Waals surface area (Å²) in [5, 5.41) is 4.51. The van der Waals surface area contributed by atoms with Crippen LogP contribution in [-0.2, 0) is 0 Å². The molecular formula is C9H6BrCl4N. The van der Waals surface area contributed by atoms with Gasteiger partial charge in [0, 0.05) is 15.0 Å². The molecule has 0 fully saturated rings. The van der Waals surface area contributed by atoms with Crippen molar-refractivity contribution in [2.24, 2.45) is 0 Å². The van der Waals surface area contributed by atoms with Crippen molar-refractivity contribution >= 4 is 68.0 Å². The lowest BCUT2D eigenvalue weighted by Crippen LogP contribution is -2.02. The van der Waals surface area contributed by atoms with Crippen molar-refractivity contribution < 1.29 is 0 Å². The van der Waals surface area contributed by atoms with E-state index >= 15 is 0 Å². The Kier molecular flexibility index (Phi) is 5.58. The molecule has 82 valence electrons. The van der Waals surface area contributed by atoms with Gasteiger partial charge in [0.25, 0.3) is 0 Å². The fraction of sp³-hybridized carbons (Fsp3) is 0.111. The molecule has 0 aromatic heterocycles. The summed E-state index contributed by atoms with van der Waals surface area (Å²) >= 11 is 26.4. The van der Waals surface area contributed by atoms with E-state index in [9.17, 15) is 0 Å². The lowest BCUT2D eigenvalue weighted by molar-refractivity contribution is 1.31. The monoisotopic (exact) mass is 347 g/mol. The second-order valence-electron chi connectivity index (χ2n) is 2.65. The van der Waals surface area contributed by atoms with Crippen LogP contribution in [-0.4, -0.2) is 6.54 Å². The molecule has 0 atom stereocenters. The van der Waals surface area contributed by atoms with Crippen LogP contribution in [0.25, 0.3) is 0 Å². The smallest absolute Gasteiger partial charge is 0.0722 e. The molecule has 0 heterocycles. The number of hydrogen-bond acceptors (Lipinski definition) is 1. The molecule has 0 radical (unpaired) electrons. The van der Waals surface area contributed by atoms with E-state index in [2.05, 4.69) is 21.2 Å². The highest BCUT2D eigenvalue weighted by Crippen LogP contribution is 2.33. The van der Waals surface area contributed by atoms with Crippen molar-refractivity contribution in [2.75, 3.05) is 11.9 Å². The van der Waals surface area contributed by atoms with Crippen molar-refractivity contribution in [3.8, 4) is 0 Å². The Morgan fingerprint density at radius 2 is 1.87 bits per heavy atom. The van der Waals surface area contributed by atoms with Crippen LogP contribution in [0.15, 0.2) is 27.2 Å². The predicted octanol–water partition coefficient (Wildman–Crippen LogP) is 5.49. The van der Waals surface area contributed by atoms with Gasteiger partial charge in [-0.2, -0.15) is 0 Å². The minimum atomic E-state index is 0.381. The van der Waals surface area contributed by atoms with Crippen LogP contribution in [0, 0.1) is 0 Å². The molecule has 1 aromatic rings. The normalized spacial score (nSPS) is 11.7. The standard InChI is InChI=1S/C9H6BrCl4N/c10-5-1-7(13)9(8(14)2-5)15-4-6(12)3-11/h1-3,15H,4H2. The first-order valence-corrected chi connectivity index (χ1v) is 6.24. The zero-order valence-corrected chi connectivity index (χ0v) is 11.9. The maximum Gasteiger partial charge on any atom is 0.0722 e. The Morgan fingerprint density at radius 1 is 1.33 bits per heavy atom. The van der Waals surface area contributed by atoms with Crippen LogP contribution in [0.1, 0.15) is 0 Å². The molecule has 1 aromatic carbocycles. The Bertz CT molecular complexity index is 369. The Hall–Kier alpha value is 0.400. The number of hydrogen-bond donors (Lipinski definition) is 1. The minimum Gasteiger partial charge on any atom is -0.378 e. The van der Waals surface area contributed by atoms with Gasteiger partial charge in [0.1, 0.15) is 0 Å². The highest BCUT2D eigenvalue weighted by Gasteiger charge is 2.07. The minimum absolute atomic E-state index is 0.381. The van der Waals surface area contributed by atoms with Crippen LogP contribution < -0.4 is 5.32 Å². The summed E-state index contributed by atoms with van der Waals surface area (Å²) in [4.78, 5) is 0. The molecule has 15 heavy (non-hydrogen) atoms. The fourth-order valence-corrected chi connectivity index (χ4v) is 2.41. The van der Waals surface area contributed by atoms with Crippen LogP contribution in [0.3, 0.4) is 0 Å².